The third-order valence-electron chi connectivity index (χ3n) is 3.40. The Morgan fingerprint density at radius 1 is 1.00 bits per heavy atom. The minimum atomic E-state index is 0.939. The molecule has 0 radical (unpaired) electrons. The lowest BCUT2D eigenvalue weighted by Gasteiger charge is -2.45. The molecule has 2 rings (SSSR count). The molecule has 1 saturated heterocycles. The van der Waals surface area contributed by atoms with E-state index in [9.17, 15) is 0 Å². The van der Waals surface area contributed by atoms with Crippen LogP contribution in [0.2, 0.25) is 0 Å². The smallest absolute Gasteiger partial charge is 0.0113 e. The van der Waals surface area contributed by atoms with E-state index >= 15 is 0 Å². The van der Waals surface area contributed by atoms with Gasteiger partial charge in [-0.2, -0.15) is 0 Å². The van der Waals surface area contributed by atoms with Gasteiger partial charge in [-0.05, 0) is 25.8 Å². The molecule has 2 heteroatoms. The van der Waals surface area contributed by atoms with Gasteiger partial charge in [-0.1, -0.05) is 6.92 Å². The third-order valence-corrected chi connectivity index (χ3v) is 3.40. The number of hydrogen-bond donors (Lipinski definition) is 0. The van der Waals surface area contributed by atoms with E-state index in [1.165, 1.54) is 39.0 Å². The average molecular weight is 168 g/mol. The molecule has 0 aromatic carbocycles. The van der Waals surface area contributed by atoms with Gasteiger partial charge in [0.2, 0.25) is 0 Å². The summed E-state index contributed by atoms with van der Waals surface area (Å²) in [5.41, 5.74) is 0. The highest BCUT2D eigenvalue weighted by Crippen LogP contribution is 2.31. The van der Waals surface area contributed by atoms with Gasteiger partial charge in [0.1, 0.15) is 0 Å². The average Bonchev–Trinajstić information content (AvgIpc) is 2.01. The van der Waals surface area contributed by atoms with Crippen molar-refractivity contribution >= 4 is 0 Å². The molecule has 12 heavy (non-hydrogen) atoms. The SMILES string of the molecule is CN1CCN([C@H]2C[C@H](C)C2)CC1. The predicted molar refractivity (Wildman–Crippen MR) is 51.3 cm³/mol. The third kappa shape index (κ3) is 1.64. The van der Waals surface area contributed by atoms with Crippen molar-refractivity contribution in [2.75, 3.05) is 33.2 Å². The highest BCUT2D eigenvalue weighted by Gasteiger charge is 2.31. The number of piperazine rings is 1. The Morgan fingerprint density at radius 3 is 2.08 bits per heavy atom. The first-order valence-electron chi connectivity index (χ1n) is 5.18. The summed E-state index contributed by atoms with van der Waals surface area (Å²) in [6.07, 6.45) is 2.90. The van der Waals surface area contributed by atoms with E-state index in [-0.39, 0.29) is 0 Å². The molecule has 0 N–H and O–H groups in total. The van der Waals surface area contributed by atoms with Gasteiger partial charge in [-0.3, -0.25) is 4.90 Å². The van der Waals surface area contributed by atoms with Crippen LogP contribution in [0.1, 0.15) is 19.8 Å². The maximum absolute atomic E-state index is 2.68. The fourth-order valence-corrected chi connectivity index (χ4v) is 2.35. The lowest BCUT2D eigenvalue weighted by atomic mass is 9.80. The summed E-state index contributed by atoms with van der Waals surface area (Å²) in [5, 5.41) is 0. The van der Waals surface area contributed by atoms with Crippen LogP contribution >= 0.6 is 0 Å². The molecular weight excluding hydrogens is 148 g/mol. The first kappa shape index (κ1) is 8.52. The van der Waals surface area contributed by atoms with E-state index in [2.05, 4.69) is 23.8 Å². The van der Waals surface area contributed by atoms with Gasteiger partial charge in [0, 0.05) is 32.2 Å². The van der Waals surface area contributed by atoms with Crippen molar-refractivity contribution in [2.45, 2.75) is 25.8 Å². The Hall–Kier alpha value is -0.0800. The Morgan fingerprint density at radius 2 is 1.58 bits per heavy atom. The Bertz CT molecular complexity index is 144. The van der Waals surface area contributed by atoms with Crippen LogP contribution in [0.15, 0.2) is 0 Å². The van der Waals surface area contributed by atoms with Crippen LogP contribution in [0.3, 0.4) is 0 Å². The molecule has 1 aliphatic carbocycles. The normalized spacial score (nSPS) is 39.5. The topological polar surface area (TPSA) is 6.48 Å². The fourth-order valence-electron chi connectivity index (χ4n) is 2.35. The van der Waals surface area contributed by atoms with Gasteiger partial charge in [0.15, 0.2) is 0 Å². The van der Waals surface area contributed by atoms with Crippen LogP contribution in [-0.4, -0.2) is 49.1 Å². The second kappa shape index (κ2) is 3.35. The molecule has 1 aliphatic heterocycles. The van der Waals surface area contributed by atoms with Crippen LogP contribution in [0.4, 0.5) is 0 Å². The summed E-state index contributed by atoms with van der Waals surface area (Å²) < 4.78 is 0. The van der Waals surface area contributed by atoms with Crippen molar-refractivity contribution in [3.8, 4) is 0 Å². The Kier molecular flexibility index (Phi) is 2.37. The highest BCUT2D eigenvalue weighted by atomic mass is 15.3. The first-order chi connectivity index (χ1) is 5.75. The molecule has 0 atom stereocenters. The molecule has 70 valence electrons. The number of likely N-dealkylation sites (N-methyl/N-ethyl adjacent to an activating group) is 1. The summed E-state index contributed by atoms with van der Waals surface area (Å²) in [7, 11) is 2.22. The van der Waals surface area contributed by atoms with Crippen molar-refractivity contribution in [1.82, 2.24) is 9.80 Å². The lowest BCUT2D eigenvalue weighted by Crippen LogP contribution is -2.52. The molecule has 0 aromatic rings. The summed E-state index contributed by atoms with van der Waals surface area (Å²) in [6.45, 7) is 7.50. The highest BCUT2D eigenvalue weighted by molar-refractivity contribution is 4.86. The van der Waals surface area contributed by atoms with Crippen LogP contribution < -0.4 is 0 Å². The van der Waals surface area contributed by atoms with E-state index < -0.39 is 0 Å². The molecule has 0 aromatic heterocycles. The standard InChI is InChI=1S/C10H20N2/c1-9-7-10(8-9)12-5-3-11(2)4-6-12/h9-10H,3-8H2,1-2H3/t9-,10-. The summed E-state index contributed by atoms with van der Waals surface area (Å²) in [6, 6.07) is 0.939. The Labute approximate surface area is 75.5 Å². The number of hydrogen-bond acceptors (Lipinski definition) is 2. The Balaban J connectivity index is 1.75. The van der Waals surface area contributed by atoms with E-state index in [0.717, 1.165) is 12.0 Å². The predicted octanol–water partition coefficient (Wildman–Crippen LogP) is 1.03. The molecule has 1 heterocycles. The van der Waals surface area contributed by atoms with Crippen LogP contribution in [-0.2, 0) is 0 Å². The number of rotatable bonds is 1. The molecule has 1 saturated carbocycles. The van der Waals surface area contributed by atoms with E-state index in [0.29, 0.717) is 0 Å². The van der Waals surface area contributed by atoms with E-state index in [4.69, 9.17) is 0 Å². The van der Waals surface area contributed by atoms with Crippen molar-refractivity contribution in [1.29, 1.82) is 0 Å². The van der Waals surface area contributed by atoms with Gasteiger partial charge in [0.05, 0.1) is 0 Å². The van der Waals surface area contributed by atoms with Crippen LogP contribution in [0.25, 0.3) is 0 Å². The van der Waals surface area contributed by atoms with Crippen LogP contribution in [0, 0.1) is 5.92 Å². The van der Waals surface area contributed by atoms with Crippen molar-refractivity contribution in [3.05, 3.63) is 0 Å². The maximum atomic E-state index is 2.68. The summed E-state index contributed by atoms with van der Waals surface area (Å²) >= 11 is 0. The minimum Gasteiger partial charge on any atom is -0.304 e. The second-order valence-electron chi connectivity index (χ2n) is 4.57. The monoisotopic (exact) mass is 168 g/mol. The van der Waals surface area contributed by atoms with Crippen LogP contribution in [0.5, 0.6) is 0 Å². The molecule has 0 amide bonds. The maximum Gasteiger partial charge on any atom is 0.0113 e. The second-order valence-corrected chi connectivity index (χ2v) is 4.57. The van der Waals surface area contributed by atoms with Gasteiger partial charge >= 0.3 is 0 Å². The molecule has 2 aliphatic rings. The van der Waals surface area contributed by atoms with Crippen molar-refractivity contribution < 1.29 is 0 Å². The minimum absolute atomic E-state index is 0.939. The van der Waals surface area contributed by atoms with Gasteiger partial charge in [-0.15, -0.1) is 0 Å². The molecule has 0 spiro atoms. The molecule has 2 fully saturated rings. The molecule has 2 nitrogen and oxygen atoms in total. The lowest BCUT2D eigenvalue weighted by molar-refractivity contribution is 0.0457. The summed E-state index contributed by atoms with van der Waals surface area (Å²) in [4.78, 5) is 5.11. The largest absolute Gasteiger partial charge is 0.304 e. The number of nitrogens with zero attached hydrogens (tertiary/aromatic N) is 2. The molecular formula is C10H20N2. The zero-order chi connectivity index (χ0) is 8.55. The summed E-state index contributed by atoms with van der Waals surface area (Å²) in [5.74, 6) is 0.995. The first-order valence-corrected chi connectivity index (χ1v) is 5.18. The van der Waals surface area contributed by atoms with Gasteiger partial charge < -0.3 is 4.90 Å². The van der Waals surface area contributed by atoms with Gasteiger partial charge in [0.25, 0.3) is 0 Å². The van der Waals surface area contributed by atoms with E-state index in [1.807, 2.05) is 0 Å². The fraction of sp³-hybridized carbons (Fsp3) is 1.00. The molecule has 0 unspecified atom stereocenters. The van der Waals surface area contributed by atoms with Gasteiger partial charge in [-0.25, -0.2) is 0 Å². The quantitative estimate of drug-likeness (QED) is 0.577. The molecule has 0 bridgehead atoms. The zero-order valence-electron chi connectivity index (χ0n) is 8.29. The van der Waals surface area contributed by atoms with Crippen molar-refractivity contribution in [3.63, 3.8) is 0 Å². The van der Waals surface area contributed by atoms with E-state index in [1.54, 1.807) is 0 Å². The van der Waals surface area contributed by atoms with Crippen molar-refractivity contribution in [2.24, 2.45) is 5.92 Å². The zero-order valence-corrected chi connectivity index (χ0v) is 8.29.